The Labute approximate surface area is 185 Å². The second kappa shape index (κ2) is 9.78. The summed E-state index contributed by atoms with van der Waals surface area (Å²) in [7, 11) is 0. The highest BCUT2D eigenvalue weighted by molar-refractivity contribution is 6.36. The zero-order chi connectivity index (χ0) is 21.7. The third kappa shape index (κ3) is 5.62. The number of carbonyl (C=O) groups is 2. The number of nitrogens with zero attached hydrogens (tertiary/aromatic N) is 2. The Kier molecular flexibility index (Phi) is 7.13. The maximum absolute atomic E-state index is 12.9. The maximum atomic E-state index is 12.9. The first-order chi connectivity index (χ1) is 14.3. The summed E-state index contributed by atoms with van der Waals surface area (Å²) in [4.78, 5) is 25.5. The number of anilines is 1. The van der Waals surface area contributed by atoms with Crippen molar-refractivity contribution in [1.82, 2.24) is 15.1 Å². The zero-order valence-corrected chi connectivity index (χ0v) is 18.1. The van der Waals surface area contributed by atoms with E-state index in [1.54, 1.807) is 23.0 Å². The van der Waals surface area contributed by atoms with Gasteiger partial charge >= 0.3 is 0 Å². The van der Waals surface area contributed by atoms with E-state index in [2.05, 4.69) is 15.7 Å². The molecule has 0 aliphatic rings. The van der Waals surface area contributed by atoms with Gasteiger partial charge in [0.05, 0.1) is 16.3 Å². The monoisotopic (exact) mass is 444 g/mol. The number of amides is 2. The summed E-state index contributed by atoms with van der Waals surface area (Å²) in [5.41, 5.74) is 1.14. The summed E-state index contributed by atoms with van der Waals surface area (Å²) in [6.45, 7) is 3.96. The van der Waals surface area contributed by atoms with Crippen molar-refractivity contribution >= 4 is 40.8 Å². The quantitative estimate of drug-likeness (QED) is 0.540. The molecule has 0 saturated heterocycles. The fraction of sp³-hybridized carbons (Fsp3) is 0.227. The SMILES string of the molecule is CC(C)CC(NC(=O)c1ccc(Cl)cc1Cl)C(=O)Nc1ccn(-c2ccccc2)n1. The molecule has 1 heterocycles. The van der Waals surface area contributed by atoms with Crippen molar-refractivity contribution in [3.05, 3.63) is 76.4 Å². The van der Waals surface area contributed by atoms with Crippen molar-refractivity contribution in [2.45, 2.75) is 26.3 Å². The van der Waals surface area contributed by atoms with E-state index in [1.165, 1.54) is 12.1 Å². The minimum Gasteiger partial charge on any atom is -0.340 e. The van der Waals surface area contributed by atoms with Gasteiger partial charge in [0.1, 0.15) is 6.04 Å². The molecule has 2 N–H and O–H groups in total. The second-order valence-electron chi connectivity index (χ2n) is 7.25. The van der Waals surface area contributed by atoms with Crippen LogP contribution < -0.4 is 10.6 Å². The smallest absolute Gasteiger partial charge is 0.253 e. The van der Waals surface area contributed by atoms with E-state index in [1.807, 2.05) is 44.2 Å². The molecule has 0 aliphatic carbocycles. The molecule has 1 unspecified atom stereocenters. The van der Waals surface area contributed by atoms with Crippen molar-refractivity contribution in [2.24, 2.45) is 5.92 Å². The minimum atomic E-state index is -0.744. The van der Waals surface area contributed by atoms with Gasteiger partial charge in [-0.25, -0.2) is 4.68 Å². The van der Waals surface area contributed by atoms with Crippen molar-refractivity contribution in [1.29, 1.82) is 0 Å². The van der Waals surface area contributed by atoms with Crippen molar-refractivity contribution in [3.63, 3.8) is 0 Å². The van der Waals surface area contributed by atoms with Crippen LogP contribution in [0.5, 0.6) is 0 Å². The molecule has 0 spiro atoms. The van der Waals surface area contributed by atoms with Gasteiger partial charge in [0.25, 0.3) is 5.91 Å². The van der Waals surface area contributed by atoms with Gasteiger partial charge in [0.2, 0.25) is 5.91 Å². The van der Waals surface area contributed by atoms with E-state index in [-0.39, 0.29) is 22.4 Å². The van der Waals surface area contributed by atoms with E-state index < -0.39 is 11.9 Å². The van der Waals surface area contributed by atoms with Crippen LogP contribution in [0.2, 0.25) is 10.0 Å². The van der Waals surface area contributed by atoms with Crippen LogP contribution in [0, 0.1) is 5.92 Å². The summed E-state index contributed by atoms with van der Waals surface area (Å²) in [5.74, 6) is -0.201. The molecule has 30 heavy (non-hydrogen) atoms. The predicted octanol–water partition coefficient (Wildman–Crippen LogP) is 4.96. The van der Waals surface area contributed by atoms with E-state index in [9.17, 15) is 9.59 Å². The molecule has 1 aromatic heterocycles. The number of nitrogens with one attached hydrogen (secondary N) is 2. The molecule has 0 bridgehead atoms. The van der Waals surface area contributed by atoms with Gasteiger partial charge in [-0.15, -0.1) is 0 Å². The lowest BCUT2D eigenvalue weighted by atomic mass is 10.0. The predicted molar refractivity (Wildman–Crippen MR) is 119 cm³/mol. The Morgan fingerprint density at radius 2 is 1.80 bits per heavy atom. The summed E-state index contributed by atoms with van der Waals surface area (Å²) in [6.07, 6.45) is 2.22. The van der Waals surface area contributed by atoms with E-state index in [0.717, 1.165) is 5.69 Å². The fourth-order valence-electron chi connectivity index (χ4n) is 2.94. The number of para-hydroxylation sites is 1. The number of aromatic nitrogens is 2. The van der Waals surface area contributed by atoms with Crippen LogP contribution in [0.4, 0.5) is 5.82 Å². The van der Waals surface area contributed by atoms with E-state index in [0.29, 0.717) is 17.3 Å². The summed E-state index contributed by atoms with van der Waals surface area (Å²) in [6, 6.07) is 15.1. The van der Waals surface area contributed by atoms with Crippen molar-refractivity contribution < 1.29 is 9.59 Å². The van der Waals surface area contributed by atoms with Gasteiger partial charge < -0.3 is 10.6 Å². The highest BCUT2D eigenvalue weighted by Crippen LogP contribution is 2.21. The molecule has 8 heteroatoms. The van der Waals surface area contributed by atoms with Gasteiger partial charge in [-0.1, -0.05) is 55.2 Å². The van der Waals surface area contributed by atoms with Crippen molar-refractivity contribution in [2.75, 3.05) is 5.32 Å². The molecule has 0 fully saturated rings. The normalized spacial score (nSPS) is 11.9. The Morgan fingerprint density at radius 1 is 1.07 bits per heavy atom. The fourth-order valence-corrected chi connectivity index (χ4v) is 3.44. The third-order valence-electron chi connectivity index (χ3n) is 4.37. The van der Waals surface area contributed by atoms with Crippen LogP contribution in [0.15, 0.2) is 60.8 Å². The molecule has 0 aliphatic heterocycles. The third-order valence-corrected chi connectivity index (χ3v) is 4.91. The number of rotatable bonds is 7. The second-order valence-corrected chi connectivity index (χ2v) is 8.09. The Hall–Kier alpha value is -2.83. The first-order valence-corrected chi connectivity index (χ1v) is 10.3. The van der Waals surface area contributed by atoms with Crippen LogP contribution in [0.1, 0.15) is 30.6 Å². The Balaban J connectivity index is 1.72. The molecule has 3 aromatic rings. The molecule has 1 atom stereocenters. The Bertz CT molecular complexity index is 1030. The van der Waals surface area contributed by atoms with Crippen molar-refractivity contribution in [3.8, 4) is 5.69 Å². The average molecular weight is 445 g/mol. The van der Waals surface area contributed by atoms with Crippen LogP contribution in [0.25, 0.3) is 5.69 Å². The topological polar surface area (TPSA) is 76.0 Å². The molecule has 156 valence electrons. The van der Waals surface area contributed by atoms with Gasteiger partial charge in [-0.3, -0.25) is 9.59 Å². The van der Waals surface area contributed by atoms with Gasteiger partial charge in [-0.2, -0.15) is 5.10 Å². The largest absolute Gasteiger partial charge is 0.340 e. The molecule has 2 aromatic carbocycles. The molecular formula is C22H22Cl2N4O2. The standard InChI is InChI=1S/C22H22Cl2N4O2/c1-14(2)12-19(25-21(29)17-9-8-15(23)13-18(17)24)22(30)26-20-10-11-28(27-20)16-6-4-3-5-7-16/h3-11,13-14,19H,12H2,1-2H3,(H,25,29)(H,26,27,30). The lowest BCUT2D eigenvalue weighted by Crippen LogP contribution is -2.44. The molecule has 0 saturated carbocycles. The number of benzene rings is 2. The number of halogens is 2. The summed E-state index contributed by atoms with van der Waals surface area (Å²) in [5, 5.41) is 10.6. The number of hydrogen-bond donors (Lipinski definition) is 2. The lowest BCUT2D eigenvalue weighted by molar-refractivity contribution is -0.118. The van der Waals surface area contributed by atoms with Gasteiger partial charge in [-0.05, 0) is 42.7 Å². The number of hydrogen-bond acceptors (Lipinski definition) is 3. The maximum Gasteiger partial charge on any atom is 0.253 e. The first-order valence-electron chi connectivity index (χ1n) is 9.51. The molecule has 6 nitrogen and oxygen atoms in total. The summed E-state index contributed by atoms with van der Waals surface area (Å²) >= 11 is 12.0. The highest BCUT2D eigenvalue weighted by atomic mass is 35.5. The van der Waals surface area contributed by atoms with Crippen LogP contribution >= 0.6 is 23.2 Å². The number of carbonyl (C=O) groups excluding carboxylic acids is 2. The van der Waals surface area contributed by atoms with Crippen LogP contribution in [-0.2, 0) is 4.79 Å². The lowest BCUT2D eigenvalue weighted by Gasteiger charge is -2.20. The molecule has 3 rings (SSSR count). The van der Waals surface area contributed by atoms with Gasteiger partial charge in [0.15, 0.2) is 5.82 Å². The zero-order valence-electron chi connectivity index (χ0n) is 16.6. The minimum absolute atomic E-state index is 0.184. The first kappa shape index (κ1) is 21.9. The highest BCUT2D eigenvalue weighted by Gasteiger charge is 2.24. The van der Waals surface area contributed by atoms with E-state index in [4.69, 9.17) is 23.2 Å². The summed E-state index contributed by atoms with van der Waals surface area (Å²) < 4.78 is 1.67. The van der Waals surface area contributed by atoms with Gasteiger partial charge in [0, 0.05) is 17.3 Å². The van der Waals surface area contributed by atoms with Crippen LogP contribution in [0.3, 0.4) is 0 Å². The van der Waals surface area contributed by atoms with E-state index >= 15 is 0 Å². The molecule has 2 amide bonds. The molecule has 0 radical (unpaired) electrons. The molecular weight excluding hydrogens is 423 g/mol. The average Bonchev–Trinajstić information content (AvgIpc) is 3.16. The van der Waals surface area contributed by atoms with Crippen LogP contribution in [-0.4, -0.2) is 27.6 Å². The Morgan fingerprint density at radius 3 is 2.47 bits per heavy atom.